The predicted octanol–water partition coefficient (Wildman–Crippen LogP) is 0.925. The van der Waals surface area contributed by atoms with Gasteiger partial charge in [-0.25, -0.2) is 14.6 Å². The third-order valence-corrected chi connectivity index (χ3v) is 1.96. The van der Waals surface area contributed by atoms with Crippen molar-refractivity contribution in [2.75, 3.05) is 0 Å². The predicted molar refractivity (Wildman–Crippen MR) is 47.0 cm³/mol. The molecule has 6 heteroatoms. The first-order valence-corrected chi connectivity index (χ1v) is 3.97. The van der Waals surface area contributed by atoms with Crippen LogP contribution < -0.4 is 0 Å². The molecule has 0 atom stereocenters. The van der Waals surface area contributed by atoms with Crippen molar-refractivity contribution in [1.82, 2.24) is 25.0 Å². The summed E-state index contributed by atoms with van der Waals surface area (Å²) in [5, 5.41) is 7.93. The second-order valence-electron chi connectivity index (χ2n) is 2.47. The Kier molecular flexibility index (Phi) is 1.94. The minimum atomic E-state index is 0.403. The Morgan fingerprint density at radius 3 is 2.85 bits per heavy atom. The topological polar surface area (TPSA) is 56.5 Å². The number of rotatable bonds is 1. The lowest BCUT2D eigenvalue weighted by Gasteiger charge is -2.00. The molecule has 2 heterocycles. The number of nitrogens with zero attached hydrogens (tertiary/aromatic N) is 5. The Bertz CT molecular complexity index is 424. The highest BCUT2D eigenvalue weighted by Gasteiger charge is 2.08. The lowest BCUT2D eigenvalue weighted by Crippen LogP contribution is -1.95. The van der Waals surface area contributed by atoms with Gasteiger partial charge in [0.05, 0.1) is 17.5 Å². The van der Waals surface area contributed by atoms with E-state index in [0.717, 1.165) is 11.3 Å². The van der Waals surface area contributed by atoms with Crippen molar-refractivity contribution in [2.45, 2.75) is 0 Å². The van der Waals surface area contributed by atoms with E-state index in [4.69, 9.17) is 11.6 Å². The second-order valence-corrected chi connectivity index (χ2v) is 2.83. The maximum absolute atomic E-state index is 5.87. The third kappa shape index (κ3) is 1.38. The van der Waals surface area contributed by atoms with E-state index >= 15 is 0 Å². The molecule has 13 heavy (non-hydrogen) atoms. The van der Waals surface area contributed by atoms with Gasteiger partial charge in [-0.3, -0.25) is 0 Å². The average Bonchev–Trinajstić information content (AvgIpc) is 2.52. The van der Waals surface area contributed by atoms with Crippen LogP contribution in [-0.2, 0) is 7.05 Å². The molecule has 2 aromatic heterocycles. The summed E-state index contributed by atoms with van der Waals surface area (Å²) in [7, 11) is 1.78. The lowest BCUT2D eigenvalue weighted by molar-refractivity contribution is 0.720. The molecule has 0 aliphatic carbocycles. The minimum absolute atomic E-state index is 0.403. The fraction of sp³-hybridized carbons (Fsp3) is 0.143. The van der Waals surface area contributed by atoms with Crippen molar-refractivity contribution in [1.29, 1.82) is 0 Å². The second kappa shape index (κ2) is 3.10. The van der Waals surface area contributed by atoms with Gasteiger partial charge in [0.25, 0.3) is 0 Å². The number of aromatic nitrogens is 5. The normalized spacial score (nSPS) is 10.3. The van der Waals surface area contributed by atoms with Crippen molar-refractivity contribution in [3.8, 4) is 11.3 Å². The number of hydrogen-bond donors (Lipinski definition) is 0. The average molecular weight is 196 g/mol. The van der Waals surface area contributed by atoms with Gasteiger partial charge in [0.2, 0.25) is 0 Å². The lowest BCUT2D eigenvalue weighted by atomic mass is 10.2. The molecule has 2 rings (SSSR count). The Labute approximate surface area is 79.4 Å². The molecule has 66 valence electrons. The summed E-state index contributed by atoms with van der Waals surface area (Å²) in [5.74, 6) is 0. The number of halogens is 1. The van der Waals surface area contributed by atoms with Crippen molar-refractivity contribution in [3.63, 3.8) is 0 Å². The van der Waals surface area contributed by atoms with Gasteiger partial charge in [-0.1, -0.05) is 16.8 Å². The van der Waals surface area contributed by atoms with Gasteiger partial charge >= 0.3 is 0 Å². The molecule has 0 saturated carbocycles. The van der Waals surface area contributed by atoms with Gasteiger partial charge in [0.1, 0.15) is 11.5 Å². The van der Waals surface area contributed by atoms with E-state index in [2.05, 4.69) is 20.3 Å². The van der Waals surface area contributed by atoms with Crippen LogP contribution in [0.1, 0.15) is 0 Å². The van der Waals surface area contributed by atoms with Crippen LogP contribution in [0.2, 0.25) is 5.15 Å². The highest BCUT2D eigenvalue weighted by molar-refractivity contribution is 6.31. The molecular weight excluding hydrogens is 190 g/mol. The highest BCUT2D eigenvalue weighted by atomic mass is 35.5. The summed E-state index contributed by atoms with van der Waals surface area (Å²) in [6.45, 7) is 0. The van der Waals surface area contributed by atoms with E-state index in [1.54, 1.807) is 24.1 Å². The zero-order valence-electron chi connectivity index (χ0n) is 6.85. The third-order valence-electron chi connectivity index (χ3n) is 1.65. The molecule has 0 unspecified atom stereocenters. The Morgan fingerprint density at radius 1 is 1.38 bits per heavy atom. The summed E-state index contributed by atoms with van der Waals surface area (Å²) < 4.78 is 1.62. The molecule has 0 radical (unpaired) electrons. The van der Waals surface area contributed by atoms with E-state index < -0.39 is 0 Å². The summed E-state index contributed by atoms with van der Waals surface area (Å²) >= 11 is 5.87. The molecule has 0 saturated heterocycles. The zero-order chi connectivity index (χ0) is 9.26. The summed E-state index contributed by atoms with van der Waals surface area (Å²) in [5.41, 5.74) is 1.53. The molecule has 0 aliphatic heterocycles. The standard InChI is InChI=1S/C7H6ClN5/c1-13-6(3-11-12-13)5-2-9-4-10-7(5)8/h2-4H,1H3. The van der Waals surface area contributed by atoms with Crippen LogP contribution in [-0.4, -0.2) is 25.0 Å². The van der Waals surface area contributed by atoms with Crippen molar-refractivity contribution in [2.24, 2.45) is 7.05 Å². The monoisotopic (exact) mass is 195 g/mol. The quantitative estimate of drug-likeness (QED) is 0.636. The van der Waals surface area contributed by atoms with E-state index in [9.17, 15) is 0 Å². The van der Waals surface area contributed by atoms with Gasteiger partial charge in [0, 0.05) is 13.2 Å². The van der Waals surface area contributed by atoms with Gasteiger partial charge < -0.3 is 0 Å². The van der Waals surface area contributed by atoms with E-state index in [-0.39, 0.29) is 0 Å². The molecule has 0 bridgehead atoms. The SMILES string of the molecule is Cn1nncc1-c1cncnc1Cl. The molecular formula is C7H6ClN5. The highest BCUT2D eigenvalue weighted by Crippen LogP contribution is 2.22. The molecule has 0 fully saturated rings. The summed E-state index contributed by atoms with van der Waals surface area (Å²) in [4.78, 5) is 7.74. The van der Waals surface area contributed by atoms with E-state index in [0.29, 0.717) is 5.15 Å². The van der Waals surface area contributed by atoms with Gasteiger partial charge in [0.15, 0.2) is 0 Å². The van der Waals surface area contributed by atoms with Crippen molar-refractivity contribution in [3.05, 3.63) is 23.9 Å². The minimum Gasteiger partial charge on any atom is -0.248 e. The first-order chi connectivity index (χ1) is 6.29. The smallest absolute Gasteiger partial charge is 0.141 e. The first kappa shape index (κ1) is 8.12. The first-order valence-electron chi connectivity index (χ1n) is 3.59. The van der Waals surface area contributed by atoms with E-state index in [1.165, 1.54) is 6.33 Å². The van der Waals surface area contributed by atoms with Crippen LogP contribution in [0.15, 0.2) is 18.7 Å². The van der Waals surface area contributed by atoms with Crippen LogP contribution in [0, 0.1) is 0 Å². The Hall–Kier alpha value is -1.49. The van der Waals surface area contributed by atoms with E-state index in [1.807, 2.05) is 0 Å². The Morgan fingerprint density at radius 2 is 2.23 bits per heavy atom. The maximum atomic E-state index is 5.87. The molecule has 0 amide bonds. The van der Waals surface area contributed by atoms with Crippen LogP contribution in [0.4, 0.5) is 0 Å². The van der Waals surface area contributed by atoms with Crippen LogP contribution >= 0.6 is 11.6 Å². The van der Waals surface area contributed by atoms with Crippen molar-refractivity contribution < 1.29 is 0 Å². The fourth-order valence-corrected chi connectivity index (χ4v) is 1.21. The maximum Gasteiger partial charge on any atom is 0.141 e. The van der Waals surface area contributed by atoms with Crippen LogP contribution in [0.5, 0.6) is 0 Å². The van der Waals surface area contributed by atoms with Gasteiger partial charge in [-0.2, -0.15) is 0 Å². The summed E-state index contributed by atoms with van der Waals surface area (Å²) in [6, 6.07) is 0. The van der Waals surface area contributed by atoms with Crippen molar-refractivity contribution >= 4 is 11.6 Å². The Balaban J connectivity index is 2.59. The van der Waals surface area contributed by atoms with Crippen LogP contribution in [0.25, 0.3) is 11.3 Å². The summed E-state index contributed by atoms with van der Waals surface area (Å²) in [6.07, 6.45) is 4.65. The number of aryl methyl sites for hydroxylation is 1. The molecule has 0 spiro atoms. The largest absolute Gasteiger partial charge is 0.248 e. The molecule has 5 nitrogen and oxygen atoms in total. The van der Waals surface area contributed by atoms with Gasteiger partial charge in [-0.15, -0.1) is 5.10 Å². The van der Waals surface area contributed by atoms with Crippen LogP contribution in [0.3, 0.4) is 0 Å². The van der Waals surface area contributed by atoms with Gasteiger partial charge in [-0.05, 0) is 0 Å². The molecule has 0 aliphatic rings. The molecule has 0 N–H and O–H groups in total. The molecule has 0 aromatic carbocycles. The zero-order valence-corrected chi connectivity index (χ0v) is 7.60. The fourth-order valence-electron chi connectivity index (χ4n) is 1.02. The number of hydrogen-bond acceptors (Lipinski definition) is 4. The molecule has 2 aromatic rings.